The fourth-order valence-corrected chi connectivity index (χ4v) is 5.07. The van der Waals surface area contributed by atoms with Gasteiger partial charge >= 0.3 is 0 Å². The van der Waals surface area contributed by atoms with Crippen molar-refractivity contribution in [2.24, 2.45) is 0 Å². The third-order valence-corrected chi connectivity index (χ3v) is 7.03. The Kier molecular flexibility index (Phi) is 7.10. The molecule has 1 amide bonds. The van der Waals surface area contributed by atoms with Crippen LogP contribution in [0.25, 0.3) is 0 Å². The highest BCUT2D eigenvalue weighted by molar-refractivity contribution is 9.10. The van der Waals surface area contributed by atoms with E-state index in [9.17, 15) is 13.2 Å². The zero-order valence-corrected chi connectivity index (χ0v) is 18.0. The van der Waals surface area contributed by atoms with Crippen LogP contribution in [0.5, 0.6) is 0 Å². The lowest BCUT2D eigenvalue weighted by atomic mass is 10.2. The highest BCUT2D eigenvalue weighted by Gasteiger charge is 2.25. The Bertz CT molecular complexity index is 932. The molecule has 0 bridgehead atoms. The maximum Gasteiger partial charge on any atom is 0.257 e. The van der Waals surface area contributed by atoms with Gasteiger partial charge in [0, 0.05) is 23.2 Å². The first-order chi connectivity index (χ1) is 12.2. The fourth-order valence-electron chi connectivity index (χ4n) is 2.35. The molecule has 2 aromatic carbocycles. The second-order valence-electron chi connectivity index (χ2n) is 5.31. The lowest BCUT2D eigenvalue weighted by molar-refractivity contribution is 0.102. The number of halogens is 3. The summed E-state index contributed by atoms with van der Waals surface area (Å²) in [6.07, 6.45) is 0. The third-order valence-electron chi connectivity index (χ3n) is 3.69. The number of nitrogens with zero attached hydrogens (tertiary/aromatic N) is 1. The van der Waals surface area contributed by atoms with E-state index in [1.807, 2.05) is 0 Å². The topological polar surface area (TPSA) is 66.5 Å². The van der Waals surface area contributed by atoms with Crippen LogP contribution in [0.2, 0.25) is 10.0 Å². The van der Waals surface area contributed by atoms with Crippen molar-refractivity contribution in [2.75, 3.05) is 18.4 Å². The number of carbonyl (C=O) groups is 1. The van der Waals surface area contributed by atoms with E-state index in [2.05, 4.69) is 21.2 Å². The molecule has 0 aliphatic rings. The summed E-state index contributed by atoms with van der Waals surface area (Å²) in [5.74, 6) is -0.448. The number of anilines is 1. The van der Waals surface area contributed by atoms with Crippen molar-refractivity contribution >= 4 is 60.7 Å². The molecule has 0 unspecified atom stereocenters. The van der Waals surface area contributed by atoms with Gasteiger partial charge in [-0.1, -0.05) is 53.0 Å². The van der Waals surface area contributed by atoms with Gasteiger partial charge in [-0.25, -0.2) is 8.42 Å². The second-order valence-corrected chi connectivity index (χ2v) is 8.95. The molecule has 26 heavy (non-hydrogen) atoms. The predicted molar refractivity (Wildman–Crippen MR) is 109 cm³/mol. The smallest absolute Gasteiger partial charge is 0.257 e. The fraction of sp³-hybridized carbons (Fsp3) is 0.235. The lowest BCUT2D eigenvalue weighted by Crippen LogP contribution is -2.30. The summed E-state index contributed by atoms with van der Waals surface area (Å²) in [6, 6.07) is 9.20. The van der Waals surface area contributed by atoms with Gasteiger partial charge in [-0.3, -0.25) is 4.79 Å². The van der Waals surface area contributed by atoms with Crippen molar-refractivity contribution in [3.8, 4) is 0 Å². The number of amides is 1. The van der Waals surface area contributed by atoms with Crippen LogP contribution in [-0.4, -0.2) is 31.7 Å². The molecule has 9 heteroatoms. The minimum Gasteiger partial charge on any atom is -0.322 e. The zero-order valence-electron chi connectivity index (χ0n) is 14.1. The van der Waals surface area contributed by atoms with Crippen LogP contribution in [0, 0.1) is 0 Å². The minimum atomic E-state index is -3.75. The van der Waals surface area contributed by atoms with Gasteiger partial charge in [0.15, 0.2) is 0 Å². The first-order valence-corrected chi connectivity index (χ1v) is 10.8. The van der Waals surface area contributed by atoms with Gasteiger partial charge in [0.25, 0.3) is 5.91 Å². The van der Waals surface area contributed by atoms with Crippen molar-refractivity contribution in [1.29, 1.82) is 0 Å². The van der Waals surface area contributed by atoms with Crippen LogP contribution >= 0.6 is 39.1 Å². The monoisotopic (exact) mass is 478 g/mol. The molecule has 0 aromatic heterocycles. The SMILES string of the molecule is CCN(CC)S(=O)(=O)c1cc(NC(=O)c2ccc(Br)cc2Cl)ccc1Cl. The largest absolute Gasteiger partial charge is 0.322 e. The van der Waals surface area contributed by atoms with Gasteiger partial charge in [-0.05, 0) is 36.4 Å². The average Bonchev–Trinajstić information content (AvgIpc) is 2.57. The predicted octanol–water partition coefficient (Wildman–Crippen LogP) is 5.04. The van der Waals surface area contributed by atoms with Crippen molar-refractivity contribution in [3.05, 3.63) is 56.5 Å². The van der Waals surface area contributed by atoms with E-state index < -0.39 is 15.9 Å². The van der Waals surface area contributed by atoms with Crippen LogP contribution in [-0.2, 0) is 10.0 Å². The Hall–Kier alpha value is -1.12. The third kappa shape index (κ3) is 4.58. The number of carbonyl (C=O) groups excluding carboxylic acids is 1. The molecule has 0 saturated heterocycles. The van der Waals surface area contributed by atoms with Crippen LogP contribution in [0.15, 0.2) is 45.8 Å². The molecule has 2 rings (SSSR count). The van der Waals surface area contributed by atoms with Crippen LogP contribution in [0.3, 0.4) is 0 Å². The number of rotatable bonds is 6. The van der Waals surface area contributed by atoms with Crippen LogP contribution < -0.4 is 5.32 Å². The van der Waals surface area contributed by atoms with Crippen LogP contribution in [0.1, 0.15) is 24.2 Å². The number of nitrogens with one attached hydrogen (secondary N) is 1. The Balaban J connectivity index is 2.36. The van der Waals surface area contributed by atoms with Gasteiger partial charge in [-0.2, -0.15) is 4.31 Å². The molecule has 2 aromatic rings. The lowest BCUT2D eigenvalue weighted by Gasteiger charge is -2.19. The van der Waals surface area contributed by atoms with Crippen molar-refractivity contribution in [1.82, 2.24) is 4.31 Å². The summed E-state index contributed by atoms with van der Waals surface area (Å²) >= 11 is 15.5. The van der Waals surface area contributed by atoms with E-state index in [4.69, 9.17) is 23.2 Å². The highest BCUT2D eigenvalue weighted by Crippen LogP contribution is 2.28. The molecule has 0 aliphatic carbocycles. The molecule has 0 spiro atoms. The molecule has 0 radical (unpaired) electrons. The Morgan fingerprint density at radius 2 is 1.73 bits per heavy atom. The van der Waals surface area contributed by atoms with Crippen LogP contribution in [0.4, 0.5) is 5.69 Å². The van der Waals surface area contributed by atoms with Gasteiger partial charge in [0.1, 0.15) is 4.90 Å². The quantitative estimate of drug-likeness (QED) is 0.631. The van der Waals surface area contributed by atoms with Crippen molar-refractivity contribution < 1.29 is 13.2 Å². The Labute approximate surface area is 171 Å². The van der Waals surface area contributed by atoms with E-state index in [-0.39, 0.29) is 20.5 Å². The highest BCUT2D eigenvalue weighted by atomic mass is 79.9. The minimum absolute atomic E-state index is 0.0532. The Morgan fingerprint density at radius 1 is 1.08 bits per heavy atom. The summed E-state index contributed by atoms with van der Waals surface area (Å²) in [5, 5.41) is 3.03. The van der Waals surface area contributed by atoms with Gasteiger partial charge in [-0.15, -0.1) is 0 Å². The van der Waals surface area contributed by atoms with E-state index in [0.29, 0.717) is 18.8 Å². The molecular formula is C17H17BrCl2N2O3S. The van der Waals surface area contributed by atoms with E-state index in [1.165, 1.54) is 22.5 Å². The number of hydrogen-bond acceptors (Lipinski definition) is 3. The molecule has 0 saturated carbocycles. The molecule has 0 heterocycles. The summed E-state index contributed by atoms with van der Waals surface area (Å²) in [6.45, 7) is 4.13. The van der Waals surface area contributed by atoms with Gasteiger partial charge < -0.3 is 5.32 Å². The maximum absolute atomic E-state index is 12.7. The zero-order chi connectivity index (χ0) is 19.5. The molecule has 0 atom stereocenters. The number of benzene rings is 2. The summed E-state index contributed by atoms with van der Waals surface area (Å²) in [7, 11) is -3.75. The number of sulfonamides is 1. The molecule has 1 N–H and O–H groups in total. The molecular weight excluding hydrogens is 463 g/mol. The molecule has 0 fully saturated rings. The summed E-state index contributed by atoms with van der Waals surface area (Å²) in [5.41, 5.74) is 0.585. The Morgan fingerprint density at radius 3 is 2.31 bits per heavy atom. The molecule has 0 aliphatic heterocycles. The first kappa shape index (κ1) is 21.2. The van der Waals surface area contributed by atoms with E-state index in [0.717, 1.165) is 4.47 Å². The average molecular weight is 480 g/mol. The first-order valence-electron chi connectivity index (χ1n) is 7.76. The van der Waals surface area contributed by atoms with Gasteiger partial charge in [0.2, 0.25) is 10.0 Å². The van der Waals surface area contributed by atoms with E-state index in [1.54, 1.807) is 32.0 Å². The second kappa shape index (κ2) is 8.71. The van der Waals surface area contributed by atoms with Crippen molar-refractivity contribution in [2.45, 2.75) is 18.7 Å². The summed E-state index contributed by atoms with van der Waals surface area (Å²) in [4.78, 5) is 12.4. The normalized spacial score (nSPS) is 11.6. The number of hydrogen-bond donors (Lipinski definition) is 1. The van der Waals surface area contributed by atoms with Gasteiger partial charge in [0.05, 0.1) is 15.6 Å². The standard InChI is InChI=1S/C17H17BrCl2N2O3S/c1-3-22(4-2)26(24,25)16-10-12(6-8-14(16)19)21-17(23)13-7-5-11(18)9-15(13)20/h5-10H,3-4H2,1-2H3,(H,21,23). The molecule has 5 nitrogen and oxygen atoms in total. The maximum atomic E-state index is 12.7. The van der Waals surface area contributed by atoms with Crippen molar-refractivity contribution in [3.63, 3.8) is 0 Å². The van der Waals surface area contributed by atoms with E-state index >= 15 is 0 Å². The molecule has 140 valence electrons. The summed E-state index contributed by atoms with van der Waals surface area (Å²) < 4.78 is 27.5.